The molecule has 1 atom stereocenters. The number of nitrogens with one attached hydrogen (secondary N) is 1. The molecule has 0 bridgehead atoms. The Hall–Kier alpha value is -2.21. The molecule has 2 aromatic rings. The van der Waals surface area contributed by atoms with Gasteiger partial charge in [0, 0.05) is 22.2 Å². The Balaban J connectivity index is 2.12. The Bertz CT molecular complexity index is 671. The number of amides is 1. The maximum absolute atomic E-state index is 12.1. The molecule has 0 saturated heterocycles. The van der Waals surface area contributed by atoms with Gasteiger partial charge in [-0.25, -0.2) is 0 Å². The molecule has 0 aliphatic carbocycles. The summed E-state index contributed by atoms with van der Waals surface area (Å²) < 4.78 is 0.962. The van der Waals surface area contributed by atoms with Crippen molar-refractivity contribution in [1.82, 2.24) is 5.32 Å². The van der Waals surface area contributed by atoms with Crippen molar-refractivity contribution in [1.29, 1.82) is 0 Å². The maximum Gasteiger partial charge on any atom is 0.270 e. The van der Waals surface area contributed by atoms with Crippen molar-refractivity contribution < 1.29 is 9.72 Å². The number of rotatable bonds is 4. The monoisotopic (exact) mass is 348 g/mol. The highest BCUT2D eigenvalue weighted by atomic mass is 79.9. The Morgan fingerprint density at radius 2 is 1.90 bits per heavy atom. The van der Waals surface area contributed by atoms with Gasteiger partial charge in [0.25, 0.3) is 11.6 Å². The van der Waals surface area contributed by atoms with Crippen molar-refractivity contribution in [2.75, 3.05) is 0 Å². The highest BCUT2D eigenvalue weighted by molar-refractivity contribution is 9.10. The first kappa shape index (κ1) is 15.2. The van der Waals surface area contributed by atoms with E-state index in [2.05, 4.69) is 21.2 Å². The average molecular weight is 349 g/mol. The van der Waals surface area contributed by atoms with Gasteiger partial charge in [-0.05, 0) is 30.7 Å². The molecule has 0 fully saturated rings. The van der Waals surface area contributed by atoms with Crippen LogP contribution in [-0.2, 0) is 0 Å². The fraction of sp³-hybridized carbons (Fsp3) is 0.133. The Kier molecular flexibility index (Phi) is 4.70. The van der Waals surface area contributed by atoms with Gasteiger partial charge in [-0.15, -0.1) is 0 Å². The molecular weight excluding hydrogens is 336 g/mol. The van der Waals surface area contributed by atoms with Crippen LogP contribution in [0.15, 0.2) is 53.0 Å². The van der Waals surface area contributed by atoms with Gasteiger partial charge in [-0.3, -0.25) is 14.9 Å². The van der Waals surface area contributed by atoms with Crippen molar-refractivity contribution in [2.24, 2.45) is 0 Å². The van der Waals surface area contributed by atoms with Gasteiger partial charge in [0.15, 0.2) is 0 Å². The summed E-state index contributed by atoms with van der Waals surface area (Å²) in [5.74, 6) is -0.339. The van der Waals surface area contributed by atoms with Gasteiger partial charge in [0.1, 0.15) is 0 Å². The van der Waals surface area contributed by atoms with Crippen LogP contribution < -0.4 is 5.32 Å². The summed E-state index contributed by atoms with van der Waals surface area (Å²) >= 11 is 3.35. The summed E-state index contributed by atoms with van der Waals surface area (Å²) in [6, 6.07) is 13.1. The van der Waals surface area contributed by atoms with Crippen molar-refractivity contribution in [2.45, 2.75) is 13.0 Å². The number of nitro benzene ring substituents is 1. The average Bonchev–Trinajstić information content (AvgIpc) is 2.48. The molecule has 0 heterocycles. The van der Waals surface area contributed by atoms with Crippen molar-refractivity contribution in [3.05, 3.63) is 74.2 Å². The highest BCUT2D eigenvalue weighted by Crippen LogP contribution is 2.18. The lowest BCUT2D eigenvalue weighted by Gasteiger charge is -2.14. The van der Waals surface area contributed by atoms with Crippen LogP contribution in [0.4, 0.5) is 5.69 Å². The van der Waals surface area contributed by atoms with Crippen LogP contribution in [-0.4, -0.2) is 10.8 Å². The minimum absolute atomic E-state index is 0.0982. The molecule has 2 rings (SSSR count). The SMILES string of the molecule is C[C@H](NC(=O)c1cccc([N+](=O)[O-])c1)c1ccc(Br)cc1. The number of nitrogens with zero attached hydrogens (tertiary/aromatic N) is 1. The first-order valence-electron chi connectivity index (χ1n) is 6.28. The van der Waals surface area contributed by atoms with Gasteiger partial charge in [0.05, 0.1) is 11.0 Å². The summed E-state index contributed by atoms with van der Waals surface area (Å²) in [5.41, 5.74) is 1.13. The van der Waals surface area contributed by atoms with Crippen molar-refractivity contribution in [3.8, 4) is 0 Å². The van der Waals surface area contributed by atoms with E-state index in [9.17, 15) is 14.9 Å². The number of halogens is 1. The van der Waals surface area contributed by atoms with E-state index in [0.29, 0.717) is 0 Å². The minimum atomic E-state index is -0.519. The van der Waals surface area contributed by atoms with E-state index in [-0.39, 0.29) is 23.2 Å². The molecule has 2 aromatic carbocycles. The van der Waals surface area contributed by atoms with Gasteiger partial charge in [-0.1, -0.05) is 34.1 Å². The van der Waals surface area contributed by atoms with Gasteiger partial charge >= 0.3 is 0 Å². The topological polar surface area (TPSA) is 72.2 Å². The van der Waals surface area contributed by atoms with Gasteiger partial charge < -0.3 is 5.32 Å². The van der Waals surface area contributed by atoms with Crippen molar-refractivity contribution in [3.63, 3.8) is 0 Å². The summed E-state index contributed by atoms with van der Waals surface area (Å²) in [4.78, 5) is 22.3. The maximum atomic E-state index is 12.1. The van der Waals surface area contributed by atoms with E-state index in [1.165, 1.54) is 18.2 Å². The molecule has 0 aliphatic rings. The zero-order valence-electron chi connectivity index (χ0n) is 11.2. The lowest BCUT2D eigenvalue weighted by molar-refractivity contribution is -0.384. The number of carbonyl (C=O) groups excluding carboxylic acids is 1. The predicted octanol–water partition coefficient (Wildman–Crippen LogP) is 3.85. The third-order valence-corrected chi connectivity index (χ3v) is 3.57. The van der Waals surface area contributed by atoms with Gasteiger partial charge in [-0.2, -0.15) is 0 Å². The molecule has 0 aromatic heterocycles. The first-order valence-corrected chi connectivity index (χ1v) is 7.07. The summed E-state index contributed by atoms with van der Waals surface area (Å²) in [5, 5.41) is 13.5. The largest absolute Gasteiger partial charge is 0.346 e. The minimum Gasteiger partial charge on any atom is -0.346 e. The normalized spacial score (nSPS) is 11.7. The molecule has 6 heteroatoms. The summed E-state index contributed by atoms with van der Waals surface area (Å²) in [6.45, 7) is 1.86. The molecule has 1 amide bonds. The zero-order valence-corrected chi connectivity index (χ0v) is 12.8. The summed E-state index contributed by atoms with van der Waals surface area (Å²) in [7, 11) is 0. The van der Waals surface area contributed by atoms with E-state index >= 15 is 0 Å². The second-order valence-corrected chi connectivity index (χ2v) is 5.47. The molecule has 0 spiro atoms. The number of non-ortho nitro benzene ring substituents is 1. The molecule has 0 saturated carbocycles. The quantitative estimate of drug-likeness (QED) is 0.673. The van der Waals surface area contributed by atoms with Crippen LogP contribution in [0.25, 0.3) is 0 Å². The molecule has 108 valence electrons. The number of benzene rings is 2. The fourth-order valence-corrected chi connectivity index (χ4v) is 2.14. The fourth-order valence-electron chi connectivity index (χ4n) is 1.88. The first-order chi connectivity index (χ1) is 9.97. The molecular formula is C15H13BrN2O3. The molecule has 5 nitrogen and oxygen atoms in total. The molecule has 21 heavy (non-hydrogen) atoms. The Morgan fingerprint density at radius 3 is 2.52 bits per heavy atom. The number of carbonyl (C=O) groups is 1. The molecule has 1 N–H and O–H groups in total. The molecule has 0 unspecified atom stereocenters. The van der Waals surface area contributed by atoms with E-state index in [1.54, 1.807) is 6.07 Å². The Morgan fingerprint density at radius 1 is 1.24 bits per heavy atom. The lowest BCUT2D eigenvalue weighted by atomic mass is 10.1. The summed E-state index contributed by atoms with van der Waals surface area (Å²) in [6.07, 6.45) is 0. The van der Waals surface area contributed by atoms with Crippen LogP contribution >= 0.6 is 15.9 Å². The second kappa shape index (κ2) is 6.49. The van der Waals surface area contributed by atoms with Crippen LogP contribution in [0.3, 0.4) is 0 Å². The number of hydrogen-bond donors (Lipinski definition) is 1. The molecule has 0 aliphatic heterocycles. The smallest absolute Gasteiger partial charge is 0.270 e. The van der Waals surface area contributed by atoms with E-state index in [4.69, 9.17) is 0 Å². The zero-order chi connectivity index (χ0) is 15.4. The van der Waals surface area contributed by atoms with Gasteiger partial charge in [0.2, 0.25) is 0 Å². The number of nitro groups is 1. The van der Waals surface area contributed by atoms with Crippen molar-refractivity contribution >= 4 is 27.5 Å². The number of hydrogen-bond acceptors (Lipinski definition) is 3. The predicted molar refractivity (Wildman–Crippen MR) is 83.1 cm³/mol. The third-order valence-electron chi connectivity index (χ3n) is 3.04. The third kappa shape index (κ3) is 3.88. The highest BCUT2D eigenvalue weighted by Gasteiger charge is 2.14. The van der Waals surface area contributed by atoms with Crippen LogP contribution in [0, 0.1) is 10.1 Å². The van der Waals surface area contributed by atoms with Crippen LogP contribution in [0.2, 0.25) is 0 Å². The van der Waals surface area contributed by atoms with E-state index in [1.807, 2.05) is 31.2 Å². The molecule has 0 radical (unpaired) electrons. The van der Waals surface area contributed by atoms with E-state index in [0.717, 1.165) is 10.0 Å². The second-order valence-electron chi connectivity index (χ2n) is 4.55. The van der Waals surface area contributed by atoms with Crippen LogP contribution in [0.1, 0.15) is 28.9 Å². The standard InChI is InChI=1S/C15H13BrN2O3/c1-10(11-5-7-13(16)8-6-11)17-15(19)12-3-2-4-14(9-12)18(20)21/h2-10H,1H3,(H,17,19)/t10-/m0/s1. The lowest BCUT2D eigenvalue weighted by Crippen LogP contribution is -2.26. The van der Waals surface area contributed by atoms with Crippen LogP contribution in [0.5, 0.6) is 0 Å². The Labute approximate surface area is 130 Å². The van der Waals surface area contributed by atoms with E-state index < -0.39 is 4.92 Å².